The Balaban J connectivity index is 1.79. The highest BCUT2D eigenvalue weighted by atomic mass is 19.4. The Labute approximate surface area is 131 Å². The molecule has 126 valence electrons. The second-order valence-electron chi connectivity index (χ2n) is 6.17. The van der Waals surface area contributed by atoms with Crippen molar-refractivity contribution in [2.24, 2.45) is 0 Å². The molecule has 7 heteroatoms. The Morgan fingerprint density at radius 2 is 1.83 bits per heavy atom. The Bertz CT molecular complexity index is 589. The first-order valence-corrected chi connectivity index (χ1v) is 7.98. The molecule has 0 amide bonds. The van der Waals surface area contributed by atoms with E-state index in [0.717, 1.165) is 36.9 Å². The quantitative estimate of drug-likeness (QED) is 0.926. The van der Waals surface area contributed by atoms with Gasteiger partial charge in [0.2, 0.25) is 0 Å². The van der Waals surface area contributed by atoms with Crippen LogP contribution in [0.1, 0.15) is 29.5 Å². The Morgan fingerprint density at radius 3 is 2.52 bits per heavy atom. The van der Waals surface area contributed by atoms with Crippen molar-refractivity contribution >= 4 is 0 Å². The van der Waals surface area contributed by atoms with E-state index >= 15 is 0 Å². The Kier molecular flexibility index (Phi) is 3.55. The lowest BCUT2D eigenvalue weighted by Gasteiger charge is -2.20. The van der Waals surface area contributed by atoms with Gasteiger partial charge >= 0.3 is 6.36 Å². The summed E-state index contributed by atoms with van der Waals surface area (Å²) in [6.07, 6.45) is -0.747. The molecule has 0 aromatic heterocycles. The highest BCUT2D eigenvalue weighted by Crippen LogP contribution is 2.50. The SMILES string of the molecule is FC(F)(F)Oc1c2c(c(CC3CCCN3)c3c1OCC3)OCC2. The molecule has 0 saturated carbocycles. The normalized spacial score (nSPS) is 22.5. The molecule has 4 rings (SSSR count). The van der Waals surface area contributed by atoms with Gasteiger partial charge in [-0.3, -0.25) is 0 Å². The van der Waals surface area contributed by atoms with Crippen LogP contribution in [-0.4, -0.2) is 32.2 Å². The lowest BCUT2D eigenvalue weighted by atomic mass is 9.93. The van der Waals surface area contributed by atoms with Crippen LogP contribution in [0.5, 0.6) is 17.2 Å². The van der Waals surface area contributed by atoms with Crippen molar-refractivity contribution in [2.45, 2.75) is 44.5 Å². The molecule has 3 aliphatic rings. The predicted octanol–water partition coefficient (Wildman–Crippen LogP) is 2.75. The smallest absolute Gasteiger partial charge is 0.493 e. The minimum Gasteiger partial charge on any atom is -0.493 e. The summed E-state index contributed by atoms with van der Waals surface area (Å²) in [5, 5.41) is 3.43. The summed E-state index contributed by atoms with van der Waals surface area (Å²) in [4.78, 5) is 0. The van der Waals surface area contributed by atoms with Gasteiger partial charge in [0.1, 0.15) is 5.75 Å². The number of alkyl halides is 3. The fraction of sp³-hybridized carbons (Fsp3) is 0.625. The molecule has 0 radical (unpaired) electrons. The monoisotopic (exact) mass is 329 g/mol. The summed E-state index contributed by atoms with van der Waals surface area (Å²) in [7, 11) is 0. The summed E-state index contributed by atoms with van der Waals surface area (Å²) in [5.74, 6) is 0.655. The Morgan fingerprint density at radius 1 is 1.09 bits per heavy atom. The number of nitrogens with one attached hydrogen (secondary N) is 1. The summed E-state index contributed by atoms with van der Waals surface area (Å²) < 4.78 is 53.8. The van der Waals surface area contributed by atoms with Crippen LogP contribution in [0.15, 0.2) is 0 Å². The minimum absolute atomic E-state index is 0.194. The summed E-state index contributed by atoms with van der Waals surface area (Å²) >= 11 is 0. The van der Waals surface area contributed by atoms with Crippen LogP contribution >= 0.6 is 0 Å². The van der Waals surface area contributed by atoms with Crippen LogP contribution in [-0.2, 0) is 19.3 Å². The van der Waals surface area contributed by atoms with E-state index in [4.69, 9.17) is 9.47 Å². The van der Waals surface area contributed by atoms with Gasteiger partial charge in [-0.1, -0.05) is 0 Å². The number of hydrogen-bond donors (Lipinski definition) is 1. The van der Waals surface area contributed by atoms with Crippen LogP contribution in [0.4, 0.5) is 13.2 Å². The highest BCUT2D eigenvalue weighted by molar-refractivity contribution is 5.65. The Hall–Kier alpha value is -1.63. The number of fused-ring (bicyclic) bond motifs is 2. The van der Waals surface area contributed by atoms with Crippen LogP contribution < -0.4 is 19.5 Å². The highest BCUT2D eigenvalue weighted by Gasteiger charge is 2.39. The molecule has 1 atom stereocenters. The maximum Gasteiger partial charge on any atom is 0.573 e. The van der Waals surface area contributed by atoms with E-state index in [0.29, 0.717) is 43.4 Å². The zero-order valence-electron chi connectivity index (χ0n) is 12.6. The molecule has 0 bridgehead atoms. The number of rotatable bonds is 3. The average molecular weight is 329 g/mol. The van der Waals surface area contributed by atoms with Gasteiger partial charge in [-0.25, -0.2) is 0 Å². The summed E-state index contributed by atoms with van der Waals surface area (Å²) in [6.45, 7) is 1.76. The van der Waals surface area contributed by atoms with Crippen molar-refractivity contribution in [1.82, 2.24) is 5.32 Å². The van der Waals surface area contributed by atoms with E-state index in [1.165, 1.54) is 0 Å². The topological polar surface area (TPSA) is 39.7 Å². The van der Waals surface area contributed by atoms with Crippen LogP contribution in [0.2, 0.25) is 0 Å². The van der Waals surface area contributed by atoms with Crippen molar-refractivity contribution in [2.75, 3.05) is 19.8 Å². The third kappa shape index (κ3) is 2.71. The van der Waals surface area contributed by atoms with Gasteiger partial charge in [0.05, 0.1) is 13.2 Å². The first-order chi connectivity index (χ1) is 11.0. The molecular weight excluding hydrogens is 311 g/mol. The standard InChI is InChI=1S/C16H18F3NO3/c17-16(18,19)23-15-11-4-7-21-13(11)12(8-9-2-1-5-20-9)10-3-6-22-14(10)15/h9,20H,1-8H2. The molecule has 4 nitrogen and oxygen atoms in total. The van der Waals surface area contributed by atoms with Gasteiger partial charge in [0.25, 0.3) is 0 Å². The molecular formula is C16H18F3NO3. The number of ether oxygens (including phenoxy) is 3. The van der Waals surface area contributed by atoms with Gasteiger partial charge in [-0.05, 0) is 25.8 Å². The average Bonchev–Trinajstić information content (AvgIpc) is 3.20. The molecule has 1 aromatic rings. The number of hydrogen-bond acceptors (Lipinski definition) is 4. The van der Waals surface area contributed by atoms with Gasteiger partial charge < -0.3 is 19.5 Å². The molecule has 1 fully saturated rings. The number of benzene rings is 1. The minimum atomic E-state index is -4.73. The van der Waals surface area contributed by atoms with Crippen molar-refractivity contribution in [3.8, 4) is 17.2 Å². The molecule has 0 aliphatic carbocycles. The van der Waals surface area contributed by atoms with Crippen LogP contribution in [0.3, 0.4) is 0 Å². The maximum atomic E-state index is 12.8. The summed E-state index contributed by atoms with van der Waals surface area (Å²) in [6, 6.07) is 0.349. The summed E-state index contributed by atoms with van der Waals surface area (Å²) in [5.41, 5.74) is 2.31. The van der Waals surface area contributed by atoms with Crippen molar-refractivity contribution in [3.05, 3.63) is 16.7 Å². The van der Waals surface area contributed by atoms with Crippen molar-refractivity contribution in [3.63, 3.8) is 0 Å². The van der Waals surface area contributed by atoms with Gasteiger partial charge in [0, 0.05) is 35.6 Å². The fourth-order valence-corrected chi connectivity index (χ4v) is 3.78. The largest absolute Gasteiger partial charge is 0.573 e. The molecule has 3 aliphatic heterocycles. The predicted molar refractivity (Wildman–Crippen MR) is 76.3 cm³/mol. The lowest BCUT2D eigenvalue weighted by molar-refractivity contribution is -0.275. The number of halogens is 3. The molecule has 0 spiro atoms. The molecule has 3 heterocycles. The molecule has 1 aromatic carbocycles. The second-order valence-corrected chi connectivity index (χ2v) is 6.17. The van der Waals surface area contributed by atoms with E-state index in [1.807, 2.05) is 0 Å². The van der Waals surface area contributed by atoms with E-state index in [9.17, 15) is 13.2 Å². The fourth-order valence-electron chi connectivity index (χ4n) is 3.78. The maximum absolute atomic E-state index is 12.8. The van der Waals surface area contributed by atoms with Crippen LogP contribution in [0.25, 0.3) is 0 Å². The lowest BCUT2D eigenvalue weighted by Crippen LogP contribution is -2.24. The van der Waals surface area contributed by atoms with E-state index in [2.05, 4.69) is 10.1 Å². The van der Waals surface area contributed by atoms with E-state index in [-0.39, 0.29) is 11.5 Å². The van der Waals surface area contributed by atoms with Gasteiger partial charge in [-0.2, -0.15) is 0 Å². The van der Waals surface area contributed by atoms with E-state index in [1.54, 1.807) is 0 Å². The zero-order chi connectivity index (χ0) is 16.0. The van der Waals surface area contributed by atoms with E-state index < -0.39 is 6.36 Å². The first kappa shape index (κ1) is 14.9. The zero-order valence-corrected chi connectivity index (χ0v) is 12.6. The molecule has 23 heavy (non-hydrogen) atoms. The van der Waals surface area contributed by atoms with Crippen molar-refractivity contribution < 1.29 is 27.4 Å². The first-order valence-electron chi connectivity index (χ1n) is 7.98. The molecule has 1 N–H and O–H groups in total. The van der Waals surface area contributed by atoms with Crippen LogP contribution in [0, 0.1) is 0 Å². The third-order valence-corrected chi connectivity index (χ3v) is 4.69. The van der Waals surface area contributed by atoms with Gasteiger partial charge in [-0.15, -0.1) is 13.2 Å². The molecule has 1 saturated heterocycles. The second kappa shape index (κ2) is 5.47. The van der Waals surface area contributed by atoms with Crippen molar-refractivity contribution in [1.29, 1.82) is 0 Å². The molecule has 1 unspecified atom stereocenters. The third-order valence-electron chi connectivity index (χ3n) is 4.69. The van der Waals surface area contributed by atoms with Gasteiger partial charge in [0.15, 0.2) is 11.5 Å².